The van der Waals surface area contributed by atoms with Crippen LogP contribution in [0.5, 0.6) is 5.75 Å². The maximum absolute atomic E-state index is 13.4. The molecule has 0 aliphatic rings. The largest absolute Gasteiger partial charge is 0.508 e. The predicted molar refractivity (Wildman–Crippen MR) is 140 cm³/mol. The van der Waals surface area contributed by atoms with Gasteiger partial charge >= 0.3 is 5.97 Å². The van der Waals surface area contributed by atoms with Gasteiger partial charge in [-0.3, -0.25) is 14.4 Å². The van der Waals surface area contributed by atoms with E-state index >= 15 is 0 Å². The first kappa shape index (κ1) is 31.8. The van der Waals surface area contributed by atoms with E-state index in [2.05, 4.69) is 16.0 Å². The van der Waals surface area contributed by atoms with E-state index in [0.717, 1.165) is 0 Å². The lowest BCUT2D eigenvalue weighted by Crippen LogP contribution is -2.58. The Morgan fingerprint density at radius 2 is 1.38 bits per heavy atom. The van der Waals surface area contributed by atoms with Gasteiger partial charge in [0.15, 0.2) is 0 Å². The number of carbonyl (C=O) groups excluding carboxylic acids is 3. The molecule has 11 nitrogen and oxygen atoms in total. The van der Waals surface area contributed by atoms with Gasteiger partial charge in [-0.15, -0.1) is 0 Å². The number of carboxylic acid groups (broad SMARTS) is 1. The van der Waals surface area contributed by atoms with Crippen molar-refractivity contribution in [2.75, 3.05) is 6.54 Å². The Kier molecular flexibility index (Phi) is 13.6. The number of rotatable bonds is 16. The summed E-state index contributed by atoms with van der Waals surface area (Å²) in [5.74, 6) is -2.98. The van der Waals surface area contributed by atoms with E-state index in [4.69, 9.17) is 11.5 Å². The lowest BCUT2D eigenvalue weighted by atomic mass is 10.0. The first-order valence-corrected chi connectivity index (χ1v) is 12.7. The van der Waals surface area contributed by atoms with Gasteiger partial charge in [-0.25, -0.2) is 4.79 Å². The minimum atomic E-state index is -1.16. The van der Waals surface area contributed by atoms with E-state index in [1.807, 2.05) is 13.8 Å². The summed E-state index contributed by atoms with van der Waals surface area (Å²) in [7, 11) is 0. The zero-order chi connectivity index (χ0) is 28.1. The van der Waals surface area contributed by atoms with Crippen molar-refractivity contribution in [3.63, 3.8) is 0 Å². The van der Waals surface area contributed by atoms with Crippen molar-refractivity contribution in [3.8, 4) is 5.75 Å². The molecule has 0 radical (unpaired) electrons. The quantitative estimate of drug-likeness (QED) is 0.154. The van der Waals surface area contributed by atoms with Gasteiger partial charge < -0.3 is 37.6 Å². The lowest BCUT2D eigenvalue weighted by molar-refractivity contribution is -0.142. The second-order valence-corrected chi connectivity index (χ2v) is 10.1. The Hall–Kier alpha value is -3.18. The molecule has 0 fully saturated rings. The number of phenols is 1. The van der Waals surface area contributed by atoms with Crippen molar-refractivity contribution < 1.29 is 29.4 Å². The number of aliphatic carboxylic acids is 1. The zero-order valence-electron chi connectivity index (χ0n) is 22.2. The summed E-state index contributed by atoms with van der Waals surface area (Å²) in [6.45, 7) is 7.67. The summed E-state index contributed by atoms with van der Waals surface area (Å²) in [5.41, 5.74) is 12.2. The number of phenolic OH excluding ortho intramolecular Hbond substituents is 1. The van der Waals surface area contributed by atoms with Gasteiger partial charge in [0, 0.05) is 6.42 Å². The van der Waals surface area contributed by atoms with Crippen LogP contribution < -0.4 is 27.4 Å². The molecular weight excluding hydrogens is 478 g/mol. The monoisotopic (exact) mass is 521 g/mol. The molecule has 0 spiro atoms. The summed E-state index contributed by atoms with van der Waals surface area (Å²) in [6.07, 6.45) is 1.71. The van der Waals surface area contributed by atoms with Crippen LogP contribution in [0.2, 0.25) is 0 Å². The minimum Gasteiger partial charge on any atom is -0.508 e. The molecule has 0 saturated carbocycles. The number of carbonyl (C=O) groups is 4. The van der Waals surface area contributed by atoms with Crippen molar-refractivity contribution >= 4 is 23.7 Å². The van der Waals surface area contributed by atoms with E-state index < -0.39 is 47.9 Å². The summed E-state index contributed by atoms with van der Waals surface area (Å²) >= 11 is 0. The van der Waals surface area contributed by atoms with Gasteiger partial charge in [-0.1, -0.05) is 39.8 Å². The highest BCUT2D eigenvalue weighted by molar-refractivity contribution is 5.94. The number of amides is 3. The molecule has 9 N–H and O–H groups in total. The average molecular weight is 522 g/mol. The maximum atomic E-state index is 13.4. The van der Waals surface area contributed by atoms with Crippen LogP contribution in [-0.4, -0.2) is 64.6 Å². The van der Waals surface area contributed by atoms with Crippen LogP contribution in [0.1, 0.15) is 58.9 Å². The second-order valence-electron chi connectivity index (χ2n) is 10.1. The van der Waals surface area contributed by atoms with Crippen LogP contribution >= 0.6 is 0 Å². The van der Waals surface area contributed by atoms with Crippen molar-refractivity contribution in [2.24, 2.45) is 23.3 Å². The highest BCUT2D eigenvalue weighted by atomic mass is 16.4. The van der Waals surface area contributed by atoms with Crippen molar-refractivity contribution in [2.45, 2.75) is 84.0 Å². The fraction of sp³-hybridized carbons (Fsp3) is 0.615. The van der Waals surface area contributed by atoms with Crippen LogP contribution in [0, 0.1) is 11.8 Å². The predicted octanol–water partition coefficient (Wildman–Crippen LogP) is 0.632. The topological polar surface area (TPSA) is 197 Å². The van der Waals surface area contributed by atoms with Gasteiger partial charge in [-0.2, -0.15) is 0 Å². The Balaban J connectivity index is 3.14. The molecule has 1 rings (SSSR count). The average Bonchev–Trinajstić information content (AvgIpc) is 2.82. The SMILES string of the molecule is CC(C)CC(NC(=O)C(CCCCN)NC(=O)C(Cc1ccc(O)cc1)NC(=O)C(N)C(C)C)C(=O)O. The number of benzene rings is 1. The molecule has 0 heterocycles. The van der Waals surface area contributed by atoms with E-state index in [-0.39, 0.29) is 36.8 Å². The Labute approximate surface area is 218 Å². The molecule has 1 aromatic rings. The van der Waals surface area contributed by atoms with E-state index in [1.54, 1.807) is 26.0 Å². The molecule has 0 saturated heterocycles. The molecule has 0 bridgehead atoms. The Morgan fingerprint density at radius 3 is 1.89 bits per heavy atom. The van der Waals surface area contributed by atoms with Crippen LogP contribution in [0.15, 0.2) is 24.3 Å². The number of aromatic hydroxyl groups is 1. The zero-order valence-corrected chi connectivity index (χ0v) is 22.2. The van der Waals surface area contributed by atoms with E-state index in [9.17, 15) is 29.4 Å². The number of hydrogen-bond donors (Lipinski definition) is 7. The molecule has 0 aromatic heterocycles. The number of nitrogens with one attached hydrogen (secondary N) is 3. The fourth-order valence-corrected chi connectivity index (χ4v) is 3.65. The third-order valence-corrected chi connectivity index (χ3v) is 5.93. The Bertz CT molecular complexity index is 890. The normalized spacial score (nSPS) is 14.5. The third-order valence-electron chi connectivity index (χ3n) is 5.93. The van der Waals surface area contributed by atoms with Crippen molar-refractivity contribution in [3.05, 3.63) is 29.8 Å². The first-order chi connectivity index (χ1) is 17.3. The molecule has 4 atom stereocenters. The smallest absolute Gasteiger partial charge is 0.326 e. The standard InChI is InChI=1S/C26H43N5O6/c1-15(2)13-21(26(36)37)31-23(33)19(7-5-6-12-27)29-24(34)20(30-25(35)22(28)16(3)4)14-17-8-10-18(32)11-9-17/h8-11,15-16,19-22,32H,5-7,12-14,27-28H2,1-4H3,(H,29,34)(H,30,35)(H,31,33)(H,36,37). The van der Waals surface area contributed by atoms with E-state index in [1.165, 1.54) is 12.1 Å². The molecule has 0 aliphatic carbocycles. The molecule has 1 aromatic carbocycles. The summed E-state index contributed by atoms with van der Waals surface area (Å²) < 4.78 is 0. The van der Waals surface area contributed by atoms with Gasteiger partial charge in [0.25, 0.3) is 0 Å². The molecule has 3 amide bonds. The van der Waals surface area contributed by atoms with Gasteiger partial charge in [0.2, 0.25) is 17.7 Å². The van der Waals surface area contributed by atoms with Crippen LogP contribution in [-0.2, 0) is 25.6 Å². The lowest BCUT2D eigenvalue weighted by Gasteiger charge is -2.26. The van der Waals surface area contributed by atoms with Crippen molar-refractivity contribution in [1.29, 1.82) is 0 Å². The van der Waals surface area contributed by atoms with Gasteiger partial charge in [0.05, 0.1) is 6.04 Å². The number of carboxylic acids is 1. The number of hydrogen-bond acceptors (Lipinski definition) is 7. The van der Waals surface area contributed by atoms with Crippen LogP contribution in [0.4, 0.5) is 0 Å². The third kappa shape index (κ3) is 11.6. The molecule has 37 heavy (non-hydrogen) atoms. The summed E-state index contributed by atoms with van der Waals surface area (Å²) in [5, 5.41) is 27.0. The van der Waals surface area contributed by atoms with Crippen LogP contribution in [0.3, 0.4) is 0 Å². The van der Waals surface area contributed by atoms with Gasteiger partial charge in [0.1, 0.15) is 23.9 Å². The summed E-state index contributed by atoms with van der Waals surface area (Å²) in [6, 6.07) is 2.16. The summed E-state index contributed by atoms with van der Waals surface area (Å²) in [4.78, 5) is 50.7. The maximum Gasteiger partial charge on any atom is 0.326 e. The van der Waals surface area contributed by atoms with Crippen molar-refractivity contribution in [1.82, 2.24) is 16.0 Å². The Morgan fingerprint density at radius 1 is 0.838 bits per heavy atom. The highest BCUT2D eigenvalue weighted by Crippen LogP contribution is 2.13. The molecule has 0 aliphatic heterocycles. The fourth-order valence-electron chi connectivity index (χ4n) is 3.65. The molecule has 4 unspecified atom stereocenters. The first-order valence-electron chi connectivity index (χ1n) is 12.7. The number of unbranched alkanes of at least 4 members (excludes halogenated alkanes) is 1. The molecule has 208 valence electrons. The minimum absolute atomic E-state index is 0.0294. The molecule has 11 heteroatoms. The highest BCUT2D eigenvalue weighted by Gasteiger charge is 2.31. The van der Waals surface area contributed by atoms with Crippen LogP contribution in [0.25, 0.3) is 0 Å². The number of nitrogens with two attached hydrogens (primary N) is 2. The molecular formula is C26H43N5O6. The van der Waals surface area contributed by atoms with Gasteiger partial charge in [-0.05, 0) is 61.8 Å². The van der Waals surface area contributed by atoms with E-state index in [0.29, 0.717) is 24.9 Å². The second kappa shape index (κ2) is 15.8.